The van der Waals surface area contributed by atoms with Crippen molar-refractivity contribution in [3.63, 3.8) is 0 Å². The second-order valence-electron chi connectivity index (χ2n) is 5.49. The number of amides is 1. The van der Waals surface area contributed by atoms with Crippen LogP contribution in [0, 0.1) is 6.92 Å². The number of ketones is 1. The molecule has 1 amide bonds. The number of rotatable bonds is 6. The predicted molar refractivity (Wildman–Crippen MR) is 109 cm³/mol. The summed E-state index contributed by atoms with van der Waals surface area (Å²) in [6.07, 6.45) is 2.74. The fourth-order valence-corrected chi connectivity index (χ4v) is 3.99. The topological polar surface area (TPSA) is 72.5 Å². The van der Waals surface area contributed by atoms with Crippen LogP contribution < -0.4 is 5.32 Å². The maximum Gasteiger partial charge on any atom is 0.341 e. The van der Waals surface area contributed by atoms with E-state index in [1.807, 2.05) is 0 Å². The van der Waals surface area contributed by atoms with Gasteiger partial charge in [0, 0.05) is 21.7 Å². The number of Topliss-reactive ketones (excluding diaryl/α,β-unsaturated/α-hetero) is 1. The number of carbonyl (C=O) groups is 3. The standard InChI is InChI=1S/C19H17Cl2NO4S/c1-4-26-19(25)16-10(2)17(11(3)23)27-18(16)22-15(24)9-8-12-13(20)6-5-7-14(12)21/h5-9H,4H2,1-3H3,(H,22,24). The van der Waals surface area contributed by atoms with Crippen LogP contribution in [0.3, 0.4) is 0 Å². The van der Waals surface area contributed by atoms with E-state index in [0.717, 1.165) is 11.3 Å². The smallest absolute Gasteiger partial charge is 0.341 e. The van der Waals surface area contributed by atoms with Crippen LogP contribution in [0.25, 0.3) is 6.08 Å². The molecule has 8 heteroatoms. The number of ether oxygens (including phenoxy) is 1. The van der Waals surface area contributed by atoms with Crippen molar-refractivity contribution in [1.29, 1.82) is 0 Å². The first-order valence-electron chi connectivity index (χ1n) is 8.00. The van der Waals surface area contributed by atoms with E-state index in [0.29, 0.717) is 26.0 Å². The highest BCUT2D eigenvalue weighted by molar-refractivity contribution is 7.18. The first-order valence-corrected chi connectivity index (χ1v) is 9.58. The van der Waals surface area contributed by atoms with E-state index in [2.05, 4.69) is 5.32 Å². The zero-order chi connectivity index (χ0) is 20.1. The monoisotopic (exact) mass is 425 g/mol. The Labute approximate surface area is 170 Å². The highest BCUT2D eigenvalue weighted by Gasteiger charge is 2.24. The summed E-state index contributed by atoms with van der Waals surface area (Å²) in [6.45, 7) is 4.91. The molecule has 0 unspecified atom stereocenters. The van der Waals surface area contributed by atoms with Crippen molar-refractivity contribution in [1.82, 2.24) is 0 Å². The number of carbonyl (C=O) groups excluding carboxylic acids is 3. The third kappa shape index (κ3) is 4.97. The SMILES string of the molecule is CCOC(=O)c1c(NC(=O)C=Cc2c(Cl)cccc2Cl)sc(C(C)=O)c1C. The molecule has 1 aromatic carbocycles. The van der Waals surface area contributed by atoms with E-state index >= 15 is 0 Å². The molecule has 27 heavy (non-hydrogen) atoms. The average Bonchev–Trinajstić information content (AvgIpc) is 2.91. The molecule has 0 aliphatic rings. The largest absolute Gasteiger partial charge is 0.462 e. The van der Waals surface area contributed by atoms with Gasteiger partial charge in [-0.3, -0.25) is 9.59 Å². The van der Waals surface area contributed by atoms with Crippen LogP contribution in [0.1, 0.15) is 45.0 Å². The van der Waals surface area contributed by atoms with Crippen LogP contribution in [0.2, 0.25) is 10.0 Å². The van der Waals surface area contributed by atoms with Gasteiger partial charge in [0.2, 0.25) is 5.91 Å². The van der Waals surface area contributed by atoms with E-state index in [-0.39, 0.29) is 23.0 Å². The minimum absolute atomic E-state index is 0.182. The number of halogens is 2. The van der Waals surface area contributed by atoms with Crippen molar-refractivity contribution in [2.24, 2.45) is 0 Å². The Kier molecular flexibility index (Phi) is 7.18. The Hall–Kier alpha value is -2.15. The lowest BCUT2D eigenvalue weighted by atomic mass is 10.1. The molecule has 0 saturated carbocycles. The summed E-state index contributed by atoms with van der Waals surface area (Å²) >= 11 is 13.2. The third-order valence-electron chi connectivity index (χ3n) is 3.58. The van der Waals surface area contributed by atoms with Crippen molar-refractivity contribution in [2.75, 3.05) is 11.9 Å². The summed E-state index contributed by atoms with van der Waals surface area (Å²) in [6, 6.07) is 5.02. The molecule has 0 aliphatic heterocycles. The van der Waals surface area contributed by atoms with Crippen LogP contribution in [-0.2, 0) is 9.53 Å². The highest BCUT2D eigenvalue weighted by Crippen LogP contribution is 2.34. The molecule has 0 atom stereocenters. The van der Waals surface area contributed by atoms with Gasteiger partial charge in [-0.05, 0) is 44.5 Å². The van der Waals surface area contributed by atoms with Crippen LogP contribution in [0.5, 0.6) is 0 Å². The average molecular weight is 426 g/mol. The molecule has 1 N–H and O–H groups in total. The molecule has 2 aromatic rings. The fourth-order valence-electron chi connectivity index (χ4n) is 2.37. The Morgan fingerprint density at radius 3 is 2.41 bits per heavy atom. The summed E-state index contributed by atoms with van der Waals surface area (Å²) < 4.78 is 5.04. The van der Waals surface area contributed by atoms with Crippen LogP contribution >= 0.6 is 34.5 Å². The first kappa shape index (κ1) is 21.2. The highest BCUT2D eigenvalue weighted by atomic mass is 35.5. The number of anilines is 1. The molecule has 1 aromatic heterocycles. The minimum Gasteiger partial charge on any atom is -0.462 e. The number of hydrogen-bond donors (Lipinski definition) is 1. The van der Waals surface area contributed by atoms with Gasteiger partial charge in [-0.15, -0.1) is 11.3 Å². The molecular formula is C19H17Cl2NO4S. The molecule has 0 bridgehead atoms. The second-order valence-corrected chi connectivity index (χ2v) is 7.33. The lowest BCUT2D eigenvalue weighted by molar-refractivity contribution is -0.111. The van der Waals surface area contributed by atoms with Crippen molar-refractivity contribution < 1.29 is 19.1 Å². The van der Waals surface area contributed by atoms with Gasteiger partial charge in [-0.25, -0.2) is 4.79 Å². The van der Waals surface area contributed by atoms with Gasteiger partial charge in [0.1, 0.15) is 5.00 Å². The van der Waals surface area contributed by atoms with Gasteiger partial charge in [-0.1, -0.05) is 29.3 Å². The minimum atomic E-state index is -0.591. The summed E-state index contributed by atoms with van der Waals surface area (Å²) in [5.41, 5.74) is 1.18. The van der Waals surface area contributed by atoms with E-state index < -0.39 is 11.9 Å². The van der Waals surface area contributed by atoms with Gasteiger partial charge in [-0.2, -0.15) is 0 Å². The number of esters is 1. The van der Waals surface area contributed by atoms with E-state index in [1.54, 1.807) is 32.0 Å². The molecule has 0 fully saturated rings. The van der Waals surface area contributed by atoms with Crippen molar-refractivity contribution in [3.05, 3.63) is 55.9 Å². The fraction of sp³-hybridized carbons (Fsp3) is 0.211. The Morgan fingerprint density at radius 2 is 1.85 bits per heavy atom. The zero-order valence-corrected chi connectivity index (χ0v) is 17.2. The molecule has 0 saturated heterocycles. The van der Waals surface area contributed by atoms with Crippen molar-refractivity contribution in [3.8, 4) is 0 Å². The van der Waals surface area contributed by atoms with Gasteiger partial charge in [0.15, 0.2) is 5.78 Å². The predicted octanol–water partition coefficient (Wildman–Crippen LogP) is 5.39. The molecule has 2 rings (SSSR count). The molecular weight excluding hydrogens is 409 g/mol. The lowest BCUT2D eigenvalue weighted by Gasteiger charge is -2.06. The maximum absolute atomic E-state index is 12.3. The van der Waals surface area contributed by atoms with Crippen molar-refractivity contribution in [2.45, 2.75) is 20.8 Å². The zero-order valence-electron chi connectivity index (χ0n) is 14.9. The van der Waals surface area contributed by atoms with Gasteiger partial charge >= 0.3 is 5.97 Å². The van der Waals surface area contributed by atoms with E-state index in [9.17, 15) is 14.4 Å². The van der Waals surface area contributed by atoms with Gasteiger partial charge in [0.05, 0.1) is 17.0 Å². The second kappa shape index (κ2) is 9.17. The quantitative estimate of drug-likeness (QED) is 0.382. The Morgan fingerprint density at radius 1 is 1.22 bits per heavy atom. The number of hydrogen-bond acceptors (Lipinski definition) is 5. The summed E-state index contributed by atoms with van der Waals surface area (Å²) in [4.78, 5) is 36.7. The normalized spacial score (nSPS) is 10.9. The number of nitrogens with one attached hydrogen (secondary N) is 1. The summed E-state index contributed by atoms with van der Waals surface area (Å²) in [7, 11) is 0. The van der Waals surface area contributed by atoms with Gasteiger partial charge in [0.25, 0.3) is 0 Å². The Bertz CT molecular complexity index is 914. The van der Waals surface area contributed by atoms with Crippen LogP contribution in [-0.4, -0.2) is 24.3 Å². The first-order chi connectivity index (χ1) is 12.8. The molecule has 0 radical (unpaired) electrons. The number of thiophene rings is 1. The van der Waals surface area contributed by atoms with Crippen LogP contribution in [0.4, 0.5) is 5.00 Å². The third-order valence-corrected chi connectivity index (χ3v) is 5.55. The van der Waals surface area contributed by atoms with E-state index in [4.69, 9.17) is 27.9 Å². The lowest BCUT2D eigenvalue weighted by Crippen LogP contribution is -2.12. The maximum atomic E-state index is 12.3. The van der Waals surface area contributed by atoms with Gasteiger partial charge < -0.3 is 10.1 Å². The molecule has 5 nitrogen and oxygen atoms in total. The molecule has 1 heterocycles. The molecule has 0 spiro atoms. The van der Waals surface area contributed by atoms with Crippen molar-refractivity contribution >= 4 is 63.3 Å². The Balaban J connectivity index is 2.31. The summed E-state index contributed by atoms with van der Waals surface area (Å²) in [5, 5.41) is 3.70. The summed E-state index contributed by atoms with van der Waals surface area (Å²) in [5.74, 6) is -1.28. The number of benzene rings is 1. The molecule has 142 valence electrons. The van der Waals surface area contributed by atoms with Crippen LogP contribution in [0.15, 0.2) is 24.3 Å². The molecule has 0 aliphatic carbocycles. The van der Waals surface area contributed by atoms with E-state index in [1.165, 1.54) is 19.1 Å².